The lowest BCUT2D eigenvalue weighted by Crippen LogP contribution is -2.47. The summed E-state index contributed by atoms with van der Waals surface area (Å²) in [6.07, 6.45) is 12.0. The van der Waals surface area contributed by atoms with Crippen molar-refractivity contribution in [1.29, 1.82) is 0 Å². The van der Waals surface area contributed by atoms with Crippen LogP contribution in [-0.2, 0) is 4.79 Å². The molecule has 32 heavy (non-hydrogen) atoms. The average Bonchev–Trinajstić information content (AvgIpc) is 3.54. The predicted molar refractivity (Wildman–Crippen MR) is 130 cm³/mol. The van der Waals surface area contributed by atoms with Crippen molar-refractivity contribution < 1.29 is 9.53 Å². The highest BCUT2D eigenvalue weighted by Gasteiger charge is 2.43. The van der Waals surface area contributed by atoms with Gasteiger partial charge in [0.2, 0.25) is 5.91 Å². The first-order chi connectivity index (χ1) is 15.6. The van der Waals surface area contributed by atoms with E-state index in [0.29, 0.717) is 30.4 Å². The highest BCUT2D eigenvalue weighted by molar-refractivity contribution is 7.80. The van der Waals surface area contributed by atoms with Gasteiger partial charge in [0.05, 0.1) is 6.61 Å². The van der Waals surface area contributed by atoms with Gasteiger partial charge in [-0.05, 0) is 80.1 Å². The van der Waals surface area contributed by atoms with Crippen LogP contribution in [0.2, 0.25) is 0 Å². The number of para-hydroxylation sites is 1. The van der Waals surface area contributed by atoms with Crippen molar-refractivity contribution in [3.8, 4) is 5.75 Å². The number of likely N-dealkylation sites (tertiary alicyclic amines) is 2. The Morgan fingerprint density at radius 1 is 1.06 bits per heavy atom. The number of piperidine rings is 1. The molecular weight excluding hydrogens is 418 g/mol. The number of ether oxygens (including phenoxy) is 1. The maximum absolute atomic E-state index is 12.7. The molecule has 6 heteroatoms. The molecule has 3 fully saturated rings. The Kier molecular flexibility index (Phi) is 6.40. The van der Waals surface area contributed by atoms with Crippen molar-refractivity contribution in [3.63, 3.8) is 0 Å². The number of allylic oxidation sites excluding steroid dienone is 1. The zero-order valence-corrected chi connectivity index (χ0v) is 19.7. The molecule has 1 aromatic carbocycles. The molecule has 0 radical (unpaired) electrons. The standard InChI is InChI=1S/C26H35N3O2S/c30-24(7-4-16-31-22-5-2-1-3-6-22)28-13-10-26(11-14-28)12-15-29(19-26)25(32)27-23-18-20-8-9-21(23)17-20/h1-3,5-6,8-9,20-21,23H,4,7,10-19H2,(H,27,32). The van der Waals surface area contributed by atoms with E-state index in [-0.39, 0.29) is 5.91 Å². The number of amides is 1. The minimum atomic E-state index is 0.271. The number of hydrogen-bond donors (Lipinski definition) is 1. The van der Waals surface area contributed by atoms with Crippen LogP contribution >= 0.6 is 12.2 Å². The summed E-state index contributed by atoms with van der Waals surface area (Å²) in [7, 11) is 0. The van der Waals surface area contributed by atoms with Gasteiger partial charge in [-0.3, -0.25) is 4.79 Å². The van der Waals surface area contributed by atoms with Crippen molar-refractivity contribution in [3.05, 3.63) is 42.5 Å². The molecule has 1 amide bonds. The smallest absolute Gasteiger partial charge is 0.222 e. The molecule has 5 nitrogen and oxygen atoms in total. The van der Waals surface area contributed by atoms with Crippen LogP contribution in [0.4, 0.5) is 0 Å². The first-order valence-corrected chi connectivity index (χ1v) is 12.7. The number of fused-ring (bicyclic) bond motifs is 2. The molecule has 3 unspecified atom stereocenters. The van der Waals surface area contributed by atoms with Gasteiger partial charge >= 0.3 is 0 Å². The number of hydrogen-bond acceptors (Lipinski definition) is 3. The Hall–Kier alpha value is -2.08. The zero-order valence-electron chi connectivity index (χ0n) is 18.9. The monoisotopic (exact) mass is 453 g/mol. The molecule has 2 saturated heterocycles. The molecule has 172 valence electrons. The van der Waals surface area contributed by atoms with Gasteiger partial charge in [-0.1, -0.05) is 30.4 Å². The maximum Gasteiger partial charge on any atom is 0.222 e. The van der Waals surface area contributed by atoms with E-state index >= 15 is 0 Å². The molecule has 2 bridgehead atoms. The number of carbonyl (C=O) groups excluding carboxylic acids is 1. The van der Waals surface area contributed by atoms with Crippen LogP contribution in [0, 0.1) is 17.3 Å². The first kappa shape index (κ1) is 21.7. The molecule has 1 aromatic rings. The maximum atomic E-state index is 12.7. The Bertz CT molecular complexity index is 850. The normalized spacial score (nSPS) is 27.8. The third-order valence-electron chi connectivity index (χ3n) is 8.04. The van der Waals surface area contributed by atoms with Crippen LogP contribution in [0.1, 0.15) is 44.9 Å². The summed E-state index contributed by atoms with van der Waals surface area (Å²) in [5, 5.41) is 4.62. The van der Waals surface area contributed by atoms with E-state index in [4.69, 9.17) is 17.0 Å². The number of nitrogens with zero attached hydrogens (tertiary/aromatic N) is 2. The molecule has 2 aliphatic carbocycles. The molecule has 2 heterocycles. The van der Waals surface area contributed by atoms with E-state index in [9.17, 15) is 4.79 Å². The van der Waals surface area contributed by atoms with Gasteiger partial charge in [0.15, 0.2) is 5.11 Å². The van der Waals surface area contributed by atoms with E-state index in [2.05, 4.69) is 27.3 Å². The highest BCUT2D eigenvalue weighted by atomic mass is 32.1. The highest BCUT2D eigenvalue weighted by Crippen LogP contribution is 2.42. The summed E-state index contributed by atoms with van der Waals surface area (Å²) in [5.41, 5.74) is 0.327. The second-order valence-electron chi connectivity index (χ2n) is 10.2. The van der Waals surface area contributed by atoms with E-state index in [1.165, 1.54) is 19.3 Å². The van der Waals surface area contributed by atoms with Gasteiger partial charge < -0.3 is 19.9 Å². The summed E-state index contributed by atoms with van der Waals surface area (Å²) in [6.45, 7) is 4.44. The van der Waals surface area contributed by atoms with Crippen molar-refractivity contribution >= 4 is 23.2 Å². The number of thiocarbonyl (C=S) groups is 1. The third-order valence-corrected chi connectivity index (χ3v) is 8.41. The lowest BCUT2D eigenvalue weighted by atomic mass is 9.77. The van der Waals surface area contributed by atoms with Gasteiger partial charge in [-0.2, -0.15) is 0 Å². The van der Waals surface area contributed by atoms with Crippen LogP contribution in [0.25, 0.3) is 0 Å². The molecule has 1 saturated carbocycles. The van der Waals surface area contributed by atoms with E-state index in [1.807, 2.05) is 30.3 Å². The lowest BCUT2D eigenvalue weighted by molar-refractivity contribution is -0.133. The third kappa shape index (κ3) is 4.80. The minimum Gasteiger partial charge on any atom is -0.494 e. The van der Waals surface area contributed by atoms with Crippen LogP contribution in [0.3, 0.4) is 0 Å². The Morgan fingerprint density at radius 2 is 1.81 bits per heavy atom. The van der Waals surface area contributed by atoms with Gasteiger partial charge in [0.25, 0.3) is 0 Å². The SMILES string of the molecule is O=C(CCCOc1ccccc1)N1CCC2(CC1)CCN(C(=S)NC1CC3C=CC1C3)C2. The van der Waals surface area contributed by atoms with E-state index < -0.39 is 0 Å². The van der Waals surface area contributed by atoms with E-state index in [1.54, 1.807) is 0 Å². The van der Waals surface area contributed by atoms with Crippen molar-refractivity contribution in [1.82, 2.24) is 15.1 Å². The molecule has 5 rings (SSSR count). The Morgan fingerprint density at radius 3 is 2.50 bits per heavy atom. The first-order valence-electron chi connectivity index (χ1n) is 12.3. The van der Waals surface area contributed by atoms with Crippen LogP contribution in [-0.4, -0.2) is 59.6 Å². The summed E-state index contributed by atoms with van der Waals surface area (Å²) in [6, 6.07) is 10.3. The molecule has 3 atom stereocenters. The molecule has 0 aromatic heterocycles. The topological polar surface area (TPSA) is 44.8 Å². The van der Waals surface area contributed by atoms with Crippen molar-refractivity contribution in [2.75, 3.05) is 32.8 Å². The number of rotatable bonds is 6. The van der Waals surface area contributed by atoms with Crippen LogP contribution < -0.4 is 10.1 Å². The second kappa shape index (κ2) is 9.42. The molecule has 4 aliphatic rings. The largest absolute Gasteiger partial charge is 0.494 e. The van der Waals surface area contributed by atoms with Crippen LogP contribution in [0.5, 0.6) is 5.75 Å². The lowest BCUT2D eigenvalue weighted by Gasteiger charge is -2.39. The summed E-state index contributed by atoms with van der Waals surface area (Å²) in [4.78, 5) is 17.1. The minimum absolute atomic E-state index is 0.271. The molecule has 1 spiro atoms. The van der Waals surface area contributed by atoms with Gasteiger partial charge in [-0.25, -0.2) is 0 Å². The average molecular weight is 454 g/mol. The van der Waals surface area contributed by atoms with Crippen LogP contribution in [0.15, 0.2) is 42.5 Å². The van der Waals surface area contributed by atoms with Gasteiger partial charge in [-0.15, -0.1) is 0 Å². The fraction of sp³-hybridized carbons (Fsp3) is 0.615. The van der Waals surface area contributed by atoms with Crippen molar-refractivity contribution in [2.24, 2.45) is 17.3 Å². The summed E-state index contributed by atoms with van der Waals surface area (Å²) < 4.78 is 5.72. The Balaban J connectivity index is 1.02. The van der Waals surface area contributed by atoms with E-state index in [0.717, 1.165) is 62.2 Å². The molecule has 2 aliphatic heterocycles. The predicted octanol–water partition coefficient (Wildman–Crippen LogP) is 4.00. The second-order valence-corrected chi connectivity index (χ2v) is 10.5. The molecular formula is C26H35N3O2S. The fourth-order valence-corrected chi connectivity index (χ4v) is 6.34. The summed E-state index contributed by atoms with van der Waals surface area (Å²) in [5.74, 6) is 2.57. The zero-order chi connectivity index (χ0) is 22.0. The summed E-state index contributed by atoms with van der Waals surface area (Å²) >= 11 is 5.79. The van der Waals surface area contributed by atoms with Gasteiger partial charge in [0, 0.05) is 38.6 Å². The molecule has 1 N–H and O–H groups in total. The number of benzene rings is 1. The Labute approximate surface area is 197 Å². The number of nitrogens with one attached hydrogen (secondary N) is 1. The van der Waals surface area contributed by atoms with Crippen molar-refractivity contribution in [2.45, 2.75) is 51.0 Å². The number of carbonyl (C=O) groups is 1. The fourth-order valence-electron chi connectivity index (χ4n) is 6.03. The quantitative estimate of drug-likeness (QED) is 0.401. The van der Waals surface area contributed by atoms with Gasteiger partial charge in [0.1, 0.15) is 5.75 Å².